The average molecular weight is 328 g/mol. The molecular formula is C10H11Cl2NO5S. The number of sulfonamides is 1. The molecular weight excluding hydrogens is 317 g/mol. The highest BCUT2D eigenvalue weighted by Gasteiger charge is 2.23. The van der Waals surface area contributed by atoms with E-state index in [0.29, 0.717) is 0 Å². The first-order valence-electron chi connectivity index (χ1n) is 5.00. The second kappa shape index (κ2) is 6.53. The molecule has 0 saturated heterocycles. The van der Waals surface area contributed by atoms with Gasteiger partial charge in [0.2, 0.25) is 10.0 Å². The molecule has 1 rings (SSSR count). The van der Waals surface area contributed by atoms with Crippen LogP contribution in [-0.4, -0.2) is 39.8 Å². The summed E-state index contributed by atoms with van der Waals surface area (Å²) in [5, 5.41) is 8.50. The van der Waals surface area contributed by atoms with Crippen molar-refractivity contribution in [2.75, 3.05) is 20.3 Å². The van der Waals surface area contributed by atoms with Gasteiger partial charge >= 0.3 is 5.97 Å². The fraction of sp³-hybridized carbons (Fsp3) is 0.300. The van der Waals surface area contributed by atoms with Gasteiger partial charge in [-0.2, -0.15) is 0 Å². The summed E-state index contributed by atoms with van der Waals surface area (Å²) in [7, 11) is -2.53. The van der Waals surface area contributed by atoms with Gasteiger partial charge in [0.25, 0.3) is 0 Å². The summed E-state index contributed by atoms with van der Waals surface area (Å²) in [6.07, 6.45) is 0. The van der Waals surface area contributed by atoms with Gasteiger partial charge < -0.3 is 9.84 Å². The van der Waals surface area contributed by atoms with Crippen LogP contribution in [0, 0.1) is 0 Å². The lowest BCUT2D eigenvalue weighted by atomic mass is 10.2. The van der Waals surface area contributed by atoms with Gasteiger partial charge in [-0.25, -0.2) is 17.9 Å². The molecule has 0 radical (unpaired) electrons. The Morgan fingerprint density at radius 2 is 2.05 bits per heavy atom. The maximum atomic E-state index is 12.0. The number of carboxylic acid groups (broad SMARTS) is 1. The van der Waals surface area contributed by atoms with E-state index in [2.05, 4.69) is 4.72 Å². The highest BCUT2D eigenvalue weighted by atomic mass is 35.5. The number of nitrogens with one attached hydrogen (secondary N) is 1. The zero-order chi connectivity index (χ0) is 14.6. The van der Waals surface area contributed by atoms with Crippen LogP contribution < -0.4 is 4.72 Å². The van der Waals surface area contributed by atoms with E-state index >= 15 is 0 Å². The van der Waals surface area contributed by atoms with Crippen LogP contribution in [-0.2, 0) is 14.8 Å². The van der Waals surface area contributed by atoms with Gasteiger partial charge in [0.1, 0.15) is 4.90 Å². The van der Waals surface area contributed by atoms with Crippen LogP contribution in [0.3, 0.4) is 0 Å². The number of hydrogen-bond acceptors (Lipinski definition) is 4. The van der Waals surface area contributed by atoms with E-state index in [9.17, 15) is 13.2 Å². The number of halogens is 2. The molecule has 0 saturated carbocycles. The SMILES string of the molecule is COCCNS(=O)(=O)c1cc(Cl)cc(C(=O)O)c1Cl. The predicted molar refractivity (Wildman–Crippen MR) is 70.5 cm³/mol. The van der Waals surface area contributed by atoms with Gasteiger partial charge in [-0.05, 0) is 12.1 Å². The van der Waals surface area contributed by atoms with E-state index in [1.807, 2.05) is 0 Å². The molecule has 1 aromatic rings. The smallest absolute Gasteiger partial charge is 0.337 e. The lowest BCUT2D eigenvalue weighted by molar-refractivity contribution is 0.0697. The van der Waals surface area contributed by atoms with Crippen molar-refractivity contribution >= 4 is 39.2 Å². The van der Waals surface area contributed by atoms with Gasteiger partial charge in [-0.15, -0.1) is 0 Å². The minimum atomic E-state index is -3.95. The molecule has 0 atom stereocenters. The molecule has 106 valence electrons. The van der Waals surface area contributed by atoms with Crippen molar-refractivity contribution in [3.05, 3.63) is 27.7 Å². The third kappa shape index (κ3) is 4.05. The largest absolute Gasteiger partial charge is 0.478 e. The Labute approximate surface area is 120 Å². The predicted octanol–water partition coefficient (Wildman–Crippen LogP) is 1.62. The van der Waals surface area contributed by atoms with E-state index in [1.165, 1.54) is 7.11 Å². The molecule has 0 unspecified atom stereocenters. The van der Waals surface area contributed by atoms with Crippen molar-refractivity contribution < 1.29 is 23.1 Å². The van der Waals surface area contributed by atoms with Gasteiger partial charge in [0.15, 0.2) is 0 Å². The number of rotatable bonds is 6. The Hall–Kier alpha value is -0.860. The van der Waals surface area contributed by atoms with Crippen molar-refractivity contribution in [3.63, 3.8) is 0 Å². The number of carbonyl (C=O) groups is 1. The highest BCUT2D eigenvalue weighted by Crippen LogP contribution is 2.29. The van der Waals surface area contributed by atoms with Crippen molar-refractivity contribution in [3.8, 4) is 0 Å². The van der Waals surface area contributed by atoms with E-state index < -0.39 is 16.0 Å². The Balaban J connectivity index is 3.23. The molecule has 0 aliphatic heterocycles. The first-order chi connectivity index (χ1) is 8.79. The third-order valence-corrected chi connectivity index (χ3v) is 4.34. The highest BCUT2D eigenvalue weighted by molar-refractivity contribution is 7.89. The molecule has 0 heterocycles. The summed E-state index contributed by atoms with van der Waals surface area (Å²) >= 11 is 11.5. The Bertz CT molecular complexity index is 588. The third-order valence-electron chi connectivity index (χ3n) is 2.12. The maximum Gasteiger partial charge on any atom is 0.337 e. The van der Waals surface area contributed by atoms with Crippen molar-refractivity contribution in [1.29, 1.82) is 0 Å². The zero-order valence-electron chi connectivity index (χ0n) is 9.81. The second-order valence-electron chi connectivity index (χ2n) is 3.46. The number of methoxy groups -OCH3 is 1. The normalized spacial score (nSPS) is 11.5. The Kier molecular flexibility index (Phi) is 5.57. The van der Waals surface area contributed by atoms with Crippen molar-refractivity contribution in [2.24, 2.45) is 0 Å². The molecule has 0 aromatic heterocycles. The number of benzene rings is 1. The standard InChI is InChI=1S/C10H11Cl2NO5S/c1-18-3-2-13-19(16,17)8-5-6(11)4-7(9(8)12)10(14)15/h4-5,13H,2-3H2,1H3,(H,14,15). The van der Waals surface area contributed by atoms with Gasteiger partial charge in [-0.3, -0.25) is 0 Å². The molecule has 1 aromatic carbocycles. The summed E-state index contributed by atoms with van der Waals surface area (Å²) in [5.41, 5.74) is -0.374. The van der Waals surface area contributed by atoms with E-state index in [1.54, 1.807) is 0 Å². The van der Waals surface area contributed by atoms with Crippen LogP contribution in [0.4, 0.5) is 0 Å². The number of carboxylic acids is 1. The number of ether oxygens (including phenoxy) is 1. The first kappa shape index (κ1) is 16.2. The molecule has 6 nitrogen and oxygen atoms in total. The summed E-state index contributed by atoms with van der Waals surface area (Å²) < 4.78 is 30.8. The van der Waals surface area contributed by atoms with Gasteiger partial charge in [-0.1, -0.05) is 23.2 Å². The Morgan fingerprint density at radius 1 is 1.42 bits per heavy atom. The van der Waals surface area contributed by atoms with Crippen LogP contribution in [0.25, 0.3) is 0 Å². The van der Waals surface area contributed by atoms with Crippen LogP contribution >= 0.6 is 23.2 Å². The topological polar surface area (TPSA) is 92.7 Å². The molecule has 9 heteroatoms. The van der Waals surface area contributed by atoms with Crippen LogP contribution in [0.1, 0.15) is 10.4 Å². The molecule has 0 bridgehead atoms. The Morgan fingerprint density at radius 3 is 2.58 bits per heavy atom. The molecule has 0 amide bonds. The molecule has 2 N–H and O–H groups in total. The maximum absolute atomic E-state index is 12.0. The molecule has 0 aliphatic carbocycles. The van der Waals surface area contributed by atoms with E-state index in [-0.39, 0.29) is 33.7 Å². The summed E-state index contributed by atoms with van der Waals surface area (Å²) in [4.78, 5) is 10.6. The minimum absolute atomic E-state index is 0.0318. The van der Waals surface area contributed by atoms with Crippen LogP contribution in [0.2, 0.25) is 10.0 Å². The molecule has 0 aliphatic rings. The van der Waals surface area contributed by atoms with Crippen LogP contribution in [0.5, 0.6) is 0 Å². The fourth-order valence-corrected chi connectivity index (χ4v) is 3.18. The molecule has 19 heavy (non-hydrogen) atoms. The van der Waals surface area contributed by atoms with Gasteiger partial charge in [0, 0.05) is 18.7 Å². The first-order valence-corrected chi connectivity index (χ1v) is 7.24. The average Bonchev–Trinajstić information content (AvgIpc) is 2.31. The molecule has 0 spiro atoms. The summed E-state index contributed by atoms with van der Waals surface area (Å²) in [6.45, 7) is 0.202. The summed E-state index contributed by atoms with van der Waals surface area (Å²) in [6, 6.07) is 2.17. The van der Waals surface area contributed by atoms with Crippen LogP contribution in [0.15, 0.2) is 17.0 Å². The lowest BCUT2D eigenvalue weighted by Gasteiger charge is -2.10. The number of hydrogen-bond donors (Lipinski definition) is 2. The zero-order valence-corrected chi connectivity index (χ0v) is 12.1. The minimum Gasteiger partial charge on any atom is -0.478 e. The van der Waals surface area contributed by atoms with E-state index in [0.717, 1.165) is 12.1 Å². The lowest BCUT2D eigenvalue weighted by Crippen LogP contribution is -2.27. The quantitative estimate of drug-likeness (QED) is 0.774. The van der Waals surface area contributed by atoms with Gasteiger partial charge in [0.05, 0.1) is 17.2 Å². The summed E-state index contributed by atoms with van der Waals surface area (Å²) in [5.74, 6) is -1.36. The monoisotopic (exact) mass is 327 g/mol. The van der Waals surface area contributed by atoms with Crippen molar-refractivity contribution in [2.45, 2.75) is 4.90 Å². The van der Waals surface area contributed by atoms with E-state index in [4.69, 9.17) is 33.0 Å². The second-order valence-corrected chi connectivity index (χ2v) is 6.01. The number of aromatic carboxylic acids is 1. The molecule has 0 fully saturated rings. The fourth-order valence-electron chi connectivity index (χ4n) is 1.27. The van der Waals surface area contributed by atoms with Crippen molar-refractivity contribution in [1.82, 2.24) is 4.72 Å².